The SMILES string of the molecule is CC(C)(C)[Si](C)(C)O[C@H]1CCCN(C(=O)O)[C@@H]1/C=C/CBr. The second kappa shape index (κ2) is 7.29. The van der Waals surface area contributed by atoms with Gasteiger partial charge in [-0.1, -0.05) is 48.9 Å². The molecule has 1 N–H and O–H groups in total. The quantitative estimate of drug-likeness (QED) is 0.446. The molecular formula is C15H28BrNO3Si. The minimum atomic E-state index is -1.90. The highest BCUT2D eigenvalue weighted by Gasteiger charge is 2.43. The van der Waals surface area contributed by atoms with Crippen LogP contribution in [0.4, 0.5) is 4.79 Å². The highest BCUT2D eigenvalue weighted by atomic mass is 79.9. The van der Waals surface area contributed by atoms with Crippen molar-refractivity contribution in [3.63, 3.8) is 0 Å². The van der Waals surface area contributed by atoms with Crippen LogP contribution in [0, 0.1) is 0 Å². The Balaban J connectivity index is 2.96. The van der Waals surface area contributed by atoms with E-state index in [9.17, 15) is 9.90 Å². The number of likely N-dealkylation sites (tertiary alicyclic amines) is 1. The number of alkyl halides is 1. The Morgan fingerprint density at radius 3 is 2.57 bits per heavy atom. The van der Waals surface area contributed by atoms with Crippen LogP contribution in [0.2, 0.25) is 18.1 Å². The third-order valence-electron chi connectivity index (χ3n) is 4.55. The first-order valence-corrected chi connectivity index (χ1v) is 11.5. The molecule has 0 unspecified atom stereocenters. The van der Waals surface area contributed by atoms with Crippen molar-refractivity contribution in [1.82, 2.24) is 4.90 Å². The van der Waals surface area contributed by atoms with Crippen LogP contribution in [0.5, 0.6) is 0 Å². The first-order valence-electron chi connectivity index (χ1n) is 7.50. The van der Waals surface area contributed by atoms with E-state index in [0.29, 0.717) is 6.54 Å². The van der Waals surface area contributed by atoms with E-state index in [2.05, 4.69) is 49.8 Å². The molecule has 21 heavy (non-hydrogen) atoms. The number of nitrogens with zero attached hydrogens (tertiary/aromatic N) is 1. The second-order valence-corrected chi connectivity index (χ2v) is 12.5. The summed E-state index contributed by atoms with van der Waals surface area (Å²) in [7, 11) is -1.90. The lowest BCUT2D eigenvalue weighted by Crippen LogP contribution is -2.55. The van der Waals surface area contributed by atoms with Gasteiger partial charge in [-0.3, -0.25) is 4.90 Å². The van der Waals surface area contributed by atoms with Crippen LogP contribution in [-0.4, -0.2) is 48.4 Å². The summed E-state index contributed by atoms with van der Waals surface area (Å²) in [6.45, 7) is 11.7. The van der Waals surface area contributed by atoms with Gasteiger partial charge in [-0.05, 0) is 31.0 Å². The van der Waals surface area contributed by atoms with Crippen molar-refractivity contribution >= 4 is 30.3 Å². The summed E-state index contributed by atoms with van der Waals surface area (Å²) in [5, 5.41) is 10.3. The van der Waals surface area contributed by atoms with E-state index >= 15 is 0 Å². The Labute approximate surface area is 137 Å². The number of rotatable bonds is 4. The van der Waals surface area contributed by atoms with Gasteiger partial charge in [-0.2, -0.15) is 0 Å². The van der Waals surface area contributed by atoms with Gasteiger partial charge in [0.05, 0.1) is 12.1 Å². The molecule has 1 rings (SSSR count). The van der Waals surface area contributed by atoms with E-state index in [4.69, 9.17) is 4.43 Å². The first-order chi connectivity index (χ1) is 9.60. The van der Waals surface area contributed by atoms with Crippen LogP contribution in [0.3, 0.4) is 0 Å². The fourth-order valence-corrected chi connectivity index (χ4v) is 3.89. The van der Waals surface area contributed by atoms with Gasteiger partial charge < -0.3 is 9.53 Å². The molecule has 2 atom stereocenters. The molecule has 0 aliphatic carbocycles. The minimum absolute atomic E-state index is 0.0361. The molecule has 0 aromatic heterocycles. The zero-order valence-electron chi connectivity index (χ0n) is 13.7. The molecule has 1 fully saturated rings. The summed E-state index contributed by atoms with van der Waals surface area (Å²) in [5.41, 5.74) is 0. The third kappa shape index (κ3) is 4.83. The van der Waals surface area contributed by atoms with Crippen LogP contribution in [0.25, 0.3) is 0 Å². The van der Waals surface area contributed by atoms with Gasteiger partial charge in [-0.25, -0.2) is 4.79 Å². The lowest BCUT2D eigenvalue weighted by atomic mass is 9.99. The molecular weight excluding hydrogens is 350 g/mol. The van der Waals surface area contributed by atoms with E-state index in [0.717, 1.165) is 18.2 Å². The van der Waals surface area contributed by atoms with Crippen molar-refractivity contribution in [3.8, 4) is 0 Å². The monoisotopic (exact) mass is 377 g/mol. The minimum Gasteiger partial charge on any atom is -0.465 e. The second-order valence-electron chi connectivity index (χ2n) is 7.11. The van der Waals surface area contributed by atoms with Crippen LogP contribution >= 0.6 is 15.9 Å². The maximum absolute atomic E-state index is 11.5. The average Bonchev–Trinajstić information content (AvgIpc) is 2.35. The Bertz CT molecular complexity index is 393. The normalized spacial score (nSPS) is 24.6. The fraction of sp³-hybridized carbons (Fsp3) is 0.800. The first kappa shape index (κ1) is 18.7. The van der Waals surface area contributed by atoms with E-state index in [1.807, 2.05) is 12.2 Å². The van der Waals surface area contributed by atoms with Crippen LogP contribution in [0.1, 0.15) is 33.6 Å². The van der Waals surface area contributed by atoms with E-state index in [-0.39, 0.29) is 17.2 Å². The molecule has 0 radical (unpaired) electrons. The molecule has 1 amide bonds. The maximum Gasteiger partial charge on any atom is 0.407 e. The van der Waals surface area contributed by atoms with Crippen molar-refractivity contribution < 1.29 is 14.3 Å². The van der Waals surface area contributed by atoms with Crippen LogP contribution in [0.15, 0.2) is 12.2 Å². The number of allylic oxidation sites excluding steroid dienone is 1. The van der Waals surface area contributed by atoms with Gasteiger partial charge in [0.2, 0.25) is 0 Å². The zero-order chi connectivity index (χ0) is 16.3. The van der Waals surface area contributed by atoms with Gasteiger partial charge in [0, 0.05) is 11.9 Å². The summed E-state index contributed by atoms with van der Waals surface area (Å²) >= 11 is 3.36. The van der Waals surface area contributed by atoms with Crippen LogP contribution in [-0.2, 0) is 4.43 Å². The Hall–Kier alpha value is -0.333. The number of hydrogen-bond donors (Lipinski definition) is 1. The lowest BCUT2D eigenvalue weighted by Gasteiger charge is -2.45. The lowest BCUT2D eigenvalue weighted by molar-refractivity contribution is 0.0422. The Morgan fingerprint density at radius 2 is 2.10 bits per heavy atom. The van der Waals surface area contributed by atoms with Crippen molar-refractivity contribution in [3.05, 3.63) is 12.2 Å². The van der Waals surface area contributed by atoms with E-state index in [1.165, 1.54) is 4.90 Å². The predicted octanol–water partition coefficient (Wildman–Crippen LogP) is 4.47. The number of carbonyl (C=O) groups is 1. The fourth-order valence-electron chi connectivity index (χ4n) is 2.31. The molecule has 1 aliphatic rings. The number of carboxylic acid groups (broad SMARTS) is 1. The highest BCUT2D eigenvalue weighted by molar-refractivity contribution is 9.09. The predicted molar refractivity (Wildman–Crippen MR) is 92.8 cm³/mol. The summed E-state index contributed by atoms with van der Waals surface area (Å²) in [4.78, 5) is 13.0. The molecule has 1 heterocycles. The van der Waals surface area contributed by atoms with Gasteiger partial charge in [0.15, 0.2) is 8.32 Å². The van der Waals surface area contributed by atoms with Crippen molar-refractivity contribution in [2.75, 3.05) is 11.9 Å². The summed E-state index contributed by atoms with van der Waals surface area (Å²) in [6, 6.07) is -0.178. The van der Waals surface area contributed by atoms with Gasteiger partial charge in [0.1, 0.15) is 0 Å². The van der Waals surface area contributed by atoms with Gasteiger partial charge in [-0.15, -0.1) is 0 Å². The summed E-state index contributed by atoms with van der Waals surface area (Å²) in [6.07, 6.45) is 4.83. The molecule has 6 heteroatoms. The summed E-state index contributed by atoms with van der Waals surface area (Å²) < 4.78 is 6.50. The third-order valence-corrected chi connectivity index (χ3v) is 9.43. The topological polar surface area (TPSA) is 49.8 Å². The Morgan fingerprint density at radius 1 is 1.48 bits per heavy atom. The smallest absolute Gasteiger partial charge is 0.407 e. The average molecular weight is 378 g/mol. The molecule has 122 valence electrons. The largest absolute Gasteiger partial charge is 0.465 e. The number of hydrogen-bond acceptors (Lipinski definition) is 2. The van der Waals surface area contributed by atoms with Crippen molar-refractivity contribution in [1.29, 1.82) is 0 Å². The van der Waals surface area contributed by atoms with E-state index < -0.39 is 14.4 Å². The van der Waals surface area contributed by atoms with Crippen molar-refractivity contribution in [2.24, 2.45) is 0 Å². The molecule has 0 aromatic carbocycles. The molecule has 4 nitrogen and oxygen atoms in total. The molecule has 1 saturated heterocycles. The number of amides is 1. The van der Waals surface area contributed by atoms with Gasteiger partial charge in [0.25, 0.3) is 0 Å². The molecule has 0 bridgehead atoms. The molecule has 0 saturated carbocycles. The maximum atomic E-state index is 11.5. The molecule has 0 spiro atoms. The zero-order valence-corrected chi connectivity index (χ0v) is 16.3. The molecule has 1 aliphatic heterocycles. The standard InChI is InChI=1S/C15H28BrNO3Si/c1-15(2,3)21(4,5)20-13-9-7-11-17(14(18)19)12(13)8-6-10-16/h6,8,12-13H,7,9-11H2,1-5H3,(H,18,19)/b8-6+/t12-,13+/m1/s1. The highest BCUT2D eigenvalue weighted by Crippen LogP contribution is 2.39. The van der Waals surface area contributed by atoms with Crippen molar-refractivity contribution in [2.45, 2.75) is 63.9 Å². The van der Waals surface area contributed by atoms with Crippen LogP contribution < -0.4 is 0 Å². The summed E-state index contributed by atoms with van der Waals surface area (Å²) in [5.74, 6) is 0. The van der Waals surface area contributed by atoms with E-state index in [1.54, 1.807) is 0 Å². The van der Waals surface area contributed by atoms with Gasteiger partial charge >= 0.3 is 6.09 Å². The number of halogens is 1. The molecule has 0 aromatic rings. The number of piperidine rings is 1. The Kier molecular flexibility index (Phi) is 6.49.